The fourth-order valence-corrected chi connectivity index (χ4v) is 7.83. The van der Waals surface area contributed by atoms with E-state index >= 15 is 0 Å². The minimum absolute atomic E-state index is 0.356. The Morgan fingerprint density at radius 1 is 0.400 bits per heavy atom. The summed E-state index contributed by atoms with van der Waals surface area (Å²) in [6.07, 6.45) is 0.875. The molecule has 1 aliphatic carbocycles. The maximum Gasteiger partial charge on any atom is 0.0713 e. The predicted octanol–water partition coefficient (Wildman–Crippen LogP) is 10.7. The van der Waals surface area contributed by atoms with Crippen molar-refractivity contribution in [2.45, 2.75) is 11.8 Å². The third-order valence-electron chi connectivity index (χ3n) is 9.68. The van der Waals surface area contributed by atoms with Crippen LogP contribution >= 0.6 is 0 Å². The van der Waals surface area contributed by atoms with Crippen molar-refractivity contribution in [2.24, 2.45) is 0 Å². The first-order valence-corrected chi connectivity index (χ1v) is 15.7. The van der Waals surface area contributed by atoms with Crippen LogP contribution in [0.25, 0.3) is 38.6 Å². The molecule has 1 aromatic heterocycles. The van der Waals surface area contributed by atoms with Gasteiger partial charge in [0, 0.05) is 16.5 Å². The number of rotatable bonds is 5. The van der Waals surface area contributed by atoms with Gasteiger partial charge in [-0.25, -0.2) is 0 Å². The molecular weight excluding hydrogens is 542 g/mol. The van der Waals surface area contributed by atoms with E-state index in [-0.39, 0.29) is 5.41 Å². The molecule has 9 rings (SSSR count). The average molecular weight is 574 g/mol. The van der Waals surface area contributed by atoms with Crippen molar-refractivity contribution in [3.63, 3.8) is 0 Å². The first-order chi connectivity index (χ1) is 22.3. The Kier molecular flexibility index (Phi) is 5.86. The van der Waals surface area contributed by atoms with Gasteiger partial charge in [0.15, 0.2) is 0 Å². The van der Waals surface area contributed by atoms with Crippen LogP contribution in [0.2, 0.25) is 0 Å². The van der Waals surface area contributed by atoms with Crippen LogP contribution in [-0.4, -0.2) is 4.57 Å². The van der Waals surface area contributed by atoms with Gasteiger partial charge in [0.25, 0.3) is 0 Å². The maximum atomic E-state index is 2.44. The van der Waals surface area contributed by atoms with Gasteiger partial charge in [0.2, 0.25) is 0 Å². The summed E-state index contributed by atoms with van der Waals surface area (Å²) >= 11 is 0. The monoisotopic (exact) mass is 573 g/mol. The van der Waals surface area contributed by atoms with Crippen molar-refractivity contribution in [3.05, 3.63) is 209 Å². The van der Waals surface area contributed by atoms with Gasteiger partial charge in [0.05, 0.1) is 16.4 Å². The van der Waals surface area contributed by atoms with Crippen LogP contribution in [0.5, 0.6) is 0 Å². The molecule has 0 aliphatic heterocycles. The Labute approximate surface area is 263 Å². The normalized spacial score (nSPS) is 13.2. The number of para-hydroxylation sites is 2. The summed E-state index contributed by atoms with van der Waals surface area (Å²) in [4.78, 5) is 0. The van der Waals surface area contributed by atoms with Crippen molar-refractivity contribution in [1.29, 1.82) is 0 Å². The van der Waals surface area contributed by atoms with E-state index in [4.69, 9.17) is 0 Å². The zero-order chi connectivity index (χ0) is 29.8. The van der Waals surface area contributed by atoms with Crippen LogP contribution in [0.1, 0.15) is 33.4 Å². The van der Waals surface area contributed by atoms with E-state index in [2.05, 4.69) is 180 Å². The van der Waals surface area contributed by atoms with E-state index < -0.39 is 0 Å². The zero-order valence-corrected chi connectivity index (χ0v) is 24.9. The quantitative estimate of drug-likeness (QED) is 0.193. The molecule has 0 N–H and O–H groups in total. The number of benzene rings is 7. The first-order valence-electron chi connectivity index (χ1n) is 15.7. The Morgan fingerprint density at radius 2 is 0.956 bits per heavy atom. The van der Waals surface area contributed by atoms with Crippen LogP contribution in [0.4, 0.5) is 0 Å². The number of hydrogen-bond acceptors (Lipinski definition) is 0. The molecule has 0 amide bonds. The summed E-state index contributed by atoms with van der Waals surface area (Å²) in [7, 11) is 0. The standard InChI is InChI=1S/C44H31N/c1-4-14-33(15-5-1)44(34-16-6-2-7-17-34)40-22-12-10-20-36(40)38-29-31(24-26-41(38)44)28-32-25-27-43-39(30-32)37-21-11-13-23-42(37)45(43)35-18-8-3-9-19-35/h1-27,29-30H,28H2. The number of aromatic nitrogens is 1. The molecule has 0 spiro atoms. The molecule has 212 valence electrons. The van der Waals surface area contributed by atoms with Gasteiger partial charge in [-0.3, -0.25) is 0 Å². The lowest BCUT2D eigenvalue weighted by molar-refractivity contribution is 0.768. The highest BCUT2D eigenvalue weighted by Gasteiger charge is 2.45. The SMILES string of the molecule is c1ccc(-n2c3ccccc3c3cc(Cc4ccc5c(c4)-c4ccccc4C5(c4ccccc4)c4ccccc4)ccc32)cc1. The summed E-state index contributed by atoms with van der Waals surface area (Å²) in [5.41, 5.74) is 13.9. The Balaban J connectivity index is 1.19. The zero-order valence-electron chi connectivity index (χ0n) is 24.9. The molecule has 0 fully saturated rings. The van der Waals surface area contributed by atoms with Crippen molar-refractivity contribution in [3.8, 4) is 16.8 Å². The van der Waals surface area contributed by atoms with Gasteiger partial charge in [-0.1, -0.05) is 146 Å². The third-order valence-corrected chi connectivity index (χ3v) is 9.68. The van der Waals surface area contributed by atoms with Gasteiger partial charge in [0.1, 0.15) is 0 Å². The lowest BCUT2D eigenvalue weighted by atomic mass is 9.67. The fraction of sp³-hybridized carbons (Fsp3) is 0.0455. The number of nitrogens with zero attached hydrogens (tertiary/aromatic N) is 1. The Hall–Kier alpha value is -5.66. The molecule has 1 heterocycles. The second-order valence-corrected chi connectivity index (χ2v) is 12.1. The first kappa shape index (κ1) is 25.8. The van der Waals surface area contributed by atoms with Crippen molar-refractivity contribution >= 4 is 21.8 Å². The van der Waals surface area contributed by atoms with E-state index in [0.717, 1.165) is 6.42 Å². The molecule has 0 unspecified atom stereocenters. The predicted molar refractivity (Wildman–Crippen MR) is 187 cm³/mol. The molecule has 1 heteroatoms. The van der Waals surface area contributed by atoms with E-state index in [1.54, 1.807) is 0 Å². The van der Waals surface area contributed by atoms with Crippen molar-refractivity contribution in [2.75, 3.05) is 0 Å². The summed E-state index contributed by atoms with van der Waals surface area (Å²) in [5, 5.41) is 2.59. The van der Waals surface area contributed by atoms with Crippen LogP contribution < -0.4 is 0 Å². The minimum atomic E-state index is -0.356. The van der Waals surface area contributed by atoms with E-state index in [1.165, 1.54) is 72.0 Å². The van der Waals surface area contributed by atoms with E-state index in [0.29, 0.717) is 0 Å². The molecule has 1 nitrogen and oxygen atoms in total. The molecule has 45 heavy (non-hydrogen) atoms. The van der Waals surface area contributed by atoms with Crippen LogP contribution in [-0.2, 0) is 11.8 Å². The highest BCUT2D eigenvalue weighted by atomic mass is 15.0. The average Bonchev–Trinajstić information content (AvgIpc) is 3.60. The highest BCUT2D eigenvalue weighted by molar-refractivity contribution is 6.09. The topological polar surface area (TPSA) is 4.93 Å². The lowest BCUT2D eigenvalue weighted by Gasteiger charge is -2.33. The fourth-order valence-electron chi connectivity index (χ4n) is 7.83. The van der Waals surface area contributed by atoms with Gasteiger partial charge < -0.3 is 4.57 Å². The Bertz CT molecular complexity index is 2290. The molecule has 0 bridgehead atoms. The van der Waals surface area contributed by atoms with Gasteiger partial charge in [-0.05, 0) is 81.3 Å². The molecule has 7 aromatic carbocycles. The Morgan fingerprint density at radius 3 is 1.71 bits per heavy atom. The van der Waals surface area contributed by atoms with Crippen LogP contribution in [0, 0.1) is 0 Å². The van der Waals surface area contributed by atoms with E-state index in [9.17, 15) is 0 Å². The molecule has 0 radical (unpaired) electrons. The second-order valence-electron chi connectivity index (χ2n) is 12.1. The number of fused-ring (bicyclic) bond motifs is 6. The van der Waals surface area contributed by atoms with Crippen molar-refractivity contribution in [1.82, 2.24) is 4.57 Å². The summed E-state index contributed by atoms with van der Waals surface area (Å²) < 4.78 is 2.38. The summed E-state index contributed by atoms with van der Waals surface area (Å²) in [6.45, 7) is 0. The summed E-state index contributed by atoms with van der Waals surface area (Å²) in [5.74, 6) is 0. The van der Waals surface area contributed by atoms with Crippen molar-refractivity contribution < 1.29 is 0 Å². The molecule has 0 atom stereocenters. The largest absolute Gasteiger partial charge is 0.309 e. The molecule has 1 aliphatic rings. The van der Waals surface area contributed by atoms with Gasteiger partial charge >= 0.3 is 0 Å². The number of hydrogen-bond donors (Lipinski definition) is 0. The van der Waals surface area contributed by atoms with Crippen LogP contribution in [0.15, 0.2) is 176 Å². The van der Waals surface area contributed by atoms with Gasteiger partial charge in [-0.2, -0.15) is 0 Å². The smallest absolute Gasteiger partial charge is 0.0713 e. The lowest BCUT2D eigenvalue weighted by Crippen LogP contribution is -2.28. The minimum Gasteiger partial charge on any atom is -0.309 e. The van der Waals surface area contributed by atoms with Crippen LogP contribution in [0.3, 0.4) is 0 Å². The maximum absolute atomic E-state index is 2.44. The third kappa shape index (κ3) is 3.87. The highest BCUT2D eigenvalue weighted by Crippen LogP contribution is 2.56. The second kappa shape index (κ2) is 10.2. The summed E-state index contributed by atoms with van der Waals surface area (Å²) in [6, 6.07) is 64.7. The molecule has 0 saturated heterocycles. The van der Waals surface area contributed by atoms with E-state index in [1.807, 2.05) is 0 Å². The molecule has 8 aromatic rings. The molecule has 0 saturated carbocycles. The van der Waals surface area contributed by atoms with Gasteiger partial charge in [-0.15, -0.1) is 0 Å². The molecular formula is C44H31N.